The molecule has 0 amide bonds. The molecule has 0 fully saturated rings. The van der Waals surface area contributed by atoms with Gasteiger partial charge in [0.1, 0.15) is 5.82 Å². The van der Waals surface area contributed by atoms with Gasteiger partial charge in [0, 0.05) is 5.56 Å². The van der Waals surface area contributed by atoms with E-state index < -0.39 is 0 Å². The lowest BCUT2D eigenvalue weighted by molar-refractivity contribution is 0.864. The molecule has 0 saturated carbocycles. The van der Waals surface area contributed by atoms with Gasteiger partial charge in [-0.15, -0.1) is 0 Å². The van der Waals surface area contributed by atoms with Gasteiger partial charge in [0.25, 0.3) is 5.56 Å². The van der Waals surface area contributed by atoms with Gasteiger partial charge in [-0.05, 0) is 59.4 Å². The number of benzene rings is 3. The SMILES string of the molecule is CC(C)c1ccc(-n2c(-c3ccc4c(c3)C=CC4)nc3ccccc3c2=O)cc1. The van der Waals surface area contributed by atoms with E-state index in [9.17, 15) is 4.79 Å². The fourth-order valence-electron chi connectivity index (χ4n) is 3.96. The fraction of sp³-hybridized carbons (Fsp3) is 0.154. The Kier molecular flexibility index (Phi) is 4.17. The van der Waals surface area contributed by atoms with E-state index in [1.54, 1.807) is 4.57 Å². The van der Waals surface area contributed by atoms with Gasteiger partial charge in [0.05, 0.1) is 16.6 Å². The van der Waals surface area contributed by atoms with Crippen molar-refractivity contribution in [2.45, 2.75) is 26.2 Å². The Labute approximate surface area is 170 Å². The third-order valence-electron chi connectivity index (χ3n) is 5.63. The highest BCUT2D eigenvalue weighted by Gasteiger charge is 2.16. The highest BCUT2D eigenvalue weighted by Crippen LogP contribution is 2.28. The maximum absolute atomic E-state index is 13.5. The molecule has 1 aliphatic rings. The number of allylic oxidation sites excluding steroid dienone is 1. The standard InChI is InChI=1S/C26H22N2O/c1-17(2)18-12-14-22(15-13-18)28-25(21-11-10-19-6-5-7-20(19)16-21)27-24-9-4-3-8-23(24)26(28)29/h3-5,7-17H,6H2,1-2H3. The Morgan fingerprint density at radius 3 is 2.55 bits per heavy atom. The molecule has 0 aliphatic heterocycles. The summed E-state index contributed by atoms with van der Waals surface area (Å²) in [4.78, 5) is 18.4. The highest BCUT2D eigenvalue weighted by atomic mass is 16.1. The van der Waals surface area contributed by atoms with Crippen molar-refractivity contribution >= 4 is 17.0 Å². The summed E-state index contributed by atoms with van der Waals surface area (Å²) in [6, 6.07) is 22.1. The smallest absolute Gasteiger partial charge is 0.266 e. The maximum Gasteiger partial charge on any atom is 0.266 e. The summed E-state index contributed by atoms with van der Waals surface area (Å²) in [6.07, 6.45) is 5.27. The molecule has 1 aliphatic carbocycles. The minimum absolute atomic E-state index is 0.0427. The van der Waals surface area contributed by atoms with Crippen LogP contribution in [-0.2, 0) is 6.42 Å². The number of aromatic nitrogens is 2. The molecule has 0 atom stereocenters. The molecule has 3 heteroatoms. The van der Waals surface area contributed by atoms with Crippen LogP contribution in [0.2, 0.25) is 0 Å². The predicted octanol–water partition coefficient (Wildman–Crippen LogP) is 5.75. The van der Waals surface area contributed by atoms with Crippen LogP contribution in [0.4, 0.5) is 0 Å². The predicted molar refractivity (Wildman–Crippen MR) is 120 cm³/mol. The number of hydrogen-bond donors (Lipinski definition) is 0. The van der Waals surface area contributed by atoms with Crippen LogP contribution in [0, 0.1) is 0 Å². The van der Waals surface area contributed by atoms with Crippen LogP contribution in [0.15, 0.2) is 77.6 Å². The second-order valence-corrected chi connectivity index (χ2v) is 7.86. The molecule has 0 saturated heterocycles. The average molecular weight is 378 g/mol. The topological polar surface area (TPSA) is 34.9 Å². The number of para-hydroxylation sites is 1. The van der Waals surface area contributed by atoms with Gasteiger partial charge < -0.3 is 0 Å². The van der Waals surface area contributed by atoms with Crippen molar-refractivity contribution in [1.29, 1.82) is 0 Å². The Balaban J connectivity index is 1.79. The summed E-state index contributed by atoms with van der Waals surface area (Å²) in [5.74, 6) is 1.12. The van der Waals surface area contributed by atoms with Crippen LogP contribution in [0.3, 0.4) is 0 Å². The number of nitrogens with zero attached hydrogens (tertiary/aromatic N) is 2. The molecule has 0 radical (unpaired) electrons. The number of fused-ring (bicyclic) bond motifs is 2. The van der Waals surface area contributed by atoms with E-state index in [-0.39, 0.29) is 5.56 Å². The first-order valence-electron chi connectivity index (χ1n) is 10.0. The highest BCUT2D eigenvalue weighted by molar-refractivity contribution is 5.81. The van der Waals surface area contributed by atoms with Crippen LogP contribution >= 0.6 is 0 Å². The van der Waals surface area contributed by atoms with E-state index >= 15 is 0 Å². The quantitative estimate of drug-likeness (QED) is 0.455. The van der Waals surface area contributed by atoms with Gasteiger partial charge in [0.2, 0.25) is 0 Å². The first kappa shape index (κ1) is 17.6. The van der Waals surface area contributed by atoms with Gasteiger partial charge in [-0.25, -0.2) is 4.98 Å². The molecule has 0 unspecified atom stereocenters. The van der Waals surface area contributed by atoms with E-state index in [0.29, 0.717) is 17.1 Å². The van der Waals surface area contributed by atoms with Crippen molar-refractivity contribution in [2.24, 2.45) is 0 Å². The van der Waals surface area contributed by atoms with Gasteiger partial charge in [-0.2, -0.15) is 0 Å². The normalized spacial score (nSPS) is 12.7. The summed E-state index contributed by atoms with van der Waals surface area (Å²) >= 11 is 0. The minimum Gasteiger partial charge on any atom is -0.268 e. The molecule has 1 heterocycles. The summed E-state index contributed by atoms with van der Waals surface area (Å²) < 4.78 is 1.74. The zero-order valence-corrected chi connectivity index (χ0v) is 16.6. The molecule has 5 rings (SSSR count). The van der Waals surface area contributed by atoms with Gasteiger partial charge >= 0.3 is 0 Å². The second kappa shape index (κ2) is 6.85. The van der Waals surface area contributed by atoms with Crippen LogP contribution in [0.25, 0.3) is 34.1 Å². The van der Waals surface area contributed by atoms with Crippen LogP contribution in [0.1, 0.15) is 36.5 Å². The molecule has 0 spiro atoms. The van der Waals surface area contributed by atoms with Gasteiger partial charge in [-0.1, -0.05) is 62.4 Å². The molecule has 3 nitrogen and oxygen atoms in total. The molecular weight excluding hydrogens is 356 g/mol. The van der Waals surface area contributed by atoms with Crippen LogP contribution in [0.5, 0.6) is 0 Å². The zero-order valence-electron chi connectivity index (χ0n) is 16.6. The Bertz CT molecular complexity index is 1310. The van der Waals surface area contributed by atoms with E-state index in [4.69, 9.17) is 4.98 Å². The molecule has 3 aromatic carbocycles. The lowest BCUT2D eigenvalue weighted by Crippen LogP contribution is -2.22. The molecule has 0 N–H and O–H groups in total. The Hall–Kier alpha value is -3.46. The minimum atomic E-state index is -0.0427. The van der Waals surface area contributed by atoms with Crippen molar-refractivity contribution in [3.63, 3.8) is 0 Å². The van der Waals surface area contributed by atoms with Crippen molar-refractivity contribution in [2.75, 3.05) is 0 Å². The van der Waals surface area contributed by atoms with Crippen molar-refractivity contribution in [3.8, 4) is 17.1 Å². The van der Waals surface area contributed by atoms with E-state index in [1.807, 2.05) is 36.4 Å². The number of rotatable bonds is 3. The third-order valence-corrected chi connectivity index (χ3v) is 5.63. The van der Waals surface area contributed by atoms with Gasteiger partial charge in [-0.3, -0.25) is 9.36 Å². The second-order valence-electron chi connectivity index (χ2n) is 7.86. The molecular formula is C26H22N2O. The molecule has 4 aromatic rings. The average Bonchev–Trinajstić information content (AvgIpc) is 3.22. The largest absolute Gasteiger partial charge is 0.268 e. The maximum atomic E-state index is 13.5. The van der Waals surface area contributed by atoms with Crippen molar-refractivity contribution in [3.05, 3.63) is 99.9 Å². The van der Waals surface area contributed by atoms with E-state index in [1.165, 1.54) is 16.7 Å². The molecule has 142 valence electrons. The van der Waals surface area contributed by atoms with E-state index in [2.05, 4.69) is 56.3 Å². The summed E-state index contributed by atoms with van der Waals surface area (Å²) in [5, 5.41) is 0.630. The first-order chi connectivity index (χ1) is 14.1. The molecule has 29 heavy (non-hydrogen) atoms. The Morgan fingerprint density at radius 2 is 1.76 bits per heavy atom. The van der Waals surface area contributed by atoms with Crippen molar-refractivity contribution < 1.29 is 0 Å². The summed E-state index contributed by atoms with van der Waals surface area (Å²) in [7, 11) is 0. The van der Waals surface area contributed by atoms with Crippen LogP contribution < -0.4 is 5.56 Å². The first-order valence-corrected chi connectivity index (χ1v) is 10.0. The zero-order chi connectivity index (χ0) is 20.0. The van der Waals surface area contributed by atoms with Gasteiger partial charge in [0.15, 0.2) is 0 Å². The number of hydrogen-bond acceptors (Lipinski definition) is 2. The molecule has 1 aromatic heterocycles. The Morgan fingerprint density at radius 1 is 0.966 bits per heavy atom. The van der Waals surface area contributed by atoms with Crippen molar-refractivity contribution in [1.82, 2.24) is 9.55 Å². The van der Waals surface area contributed by atoms with E-state index in [0.717, 1.165) is 23.2 Å². The lowest BCUT2D eigenvalue weighted by Gasteiger charge is -2.15. The fourth-order valence-corrected chi connectivity index (χ4v) is 3.96. The summed E-state index contributed by atoms with van der Waals surface area (Å²) in [5.41, 5.74) is 6.23. The van der Waals surface area contributed by atoms with Crippen LogP contribution in [-0.4, -0.2) is 9.55 Å². The molecule has 0 bridgehead atoms. The monoisotopic (exact) mass is 378 g/mol. The third kappa shape index (κ3) is 2.99. The lowest BCUT2D eigenvalue weighted by atomic mass is 10.0. The summed E-state index contributed by atoms with van der Waals surface area (Å²) in [6.45, 7) is 4.34.